The molecule has 1 aliphatic rings. The van der Waals surface area contributed by atoms with Crippen molar-refractivity contribution in [3.63, 3.8) is 0 Å². The van der Waals surface area contributed by atoms with Gasteiger partial charge in [-0.05, 0) is 49.2 Å². The van der Waals surface area contributed by atoms with Crippen molar-refractivity contribution in [1.82, 2.24) is 14.8 Å². The Bertz CT molecular complexity index is 986. The zero-order valence-corrected chi connectivity index (χ0v) is 16.7. The molecule has 1 aromatic heterocycles. The van der Waals surface area contributed by atoms with E-state index in [2.05, 4.69) is 23.2 Å². The summed E-state index contributed by atoms with van der Waals surface area (Å²) in [5.41, 5.74) is 3.19. The second-order valence-electron chi connectivity index (χ2n) is 6.61. The summed E-state index contributed by atoms with van der Waals surface area (Å²) >= 11 is 7.36. The molecule has 3 aromatic rings. The lowest BCUT2D eigenvalue weighted by atomic mass is 10.1. The Morgan fingerprint density at radius 3 is 2.70 bits per heavy atom. The van der Waals surface area contributed by atoms with E-state index in [1.165, 1.54) is 17.3 Å². The molecule has 1 aliphatic heterocycles. The second kappa shape index (κ2) is 7.37. The normalized spacial score (nSPS) is 15.8. The number of aromatic nitrogens is 3. The van der Waals surface area contributed by atoms with Crippen LogP contribution in [0, 0.1) is 0 Å². The smallest absolute Gasteiger partial charge is 0.237 e. The summed E-state index contributed by atoms with van der Waals surface area (Å²) in [6, 6.07) is 15.8. The summed E-state index contributed by atoms with van der Waals surface area (Å²) in [7, 11) is 1.91. The largest absolute Gasteiger partial charge is 0.308 e. The standard InChI is InChI=1S/C20H19ClN4OS/c1-13-11-15-5-3-4-6-17(15)25(13)18(26)12-27-20-23-22-19(24(20)2)14-7-9-16(21)10-8-14/h3-10,13H,11-12H2,1-2H3/t13-/m1/s1. The molecule has 1 atom stereocenters. The maximum atomic E-state index is 12.9. The Hall–Kier alpha value is -2.31. The number of hydrogen-bond donors (Lipinski definition) is 0. The fraction of sp³-hybridized carbons (Fsp3) is 0.250. The van der Waals surface area contributed by atoms with E-state index in [0.29, 0.717) is 15.9 Å². The van der Waals surface area contributed by atoms with Crippen molar-refractivity contribution in [3.8, 4) is 11.4 Å². The SMILES string of the molecule is C[C@@H]1Cc2ccccc2N1C(=O)CSc1nnc(-c2ccc(Cl)cc2)n1C. The van der Waals surface area contributed by atoms with Crippen molar-refractivity contribution in [2.75, 3.05) is 10.7 Å². The average molecular weight is 399 g/mol. The second-order valence-corrected chi connectivity index (χ2v) is 7.99. The number of amides is 1. The van der Waals surface area contributed by atoms with Crippen molar-refractivity contribution < 1.29 is 4.79 Å². The number of carbonyl (C=O) groups is 1. The highest BCUT2D eigenvalue weighted by Crippen LogP contribution is 2.33. The van der Waals surface area contributed by atoms with Gasteiger partial charge in [0, 0.05) is 29.4 Å². The van der Waals surface area contributed by atoms with Gasteiger partial charge in [-0.1, -0.05) is 41.6 Å². The third-order valence-electron chi connectivity index (χ3n) is 4.74. The Balaban J connectivity index is 1.48. The molecule has 5 nitrogen and oxygen atoms in total. The van der Waals surface area contributed by atoms with Gasteiger partial charge in [0.25, 0.3) is 0 Å². The van der Waals surface area contributed by atoms with Gasteiger partial charge in [-0.3, -0.25) is 4.79 Å². The van der Waals surface area contributed by atoms with Crippen molar-refractivity contribution in [2.45, 2.75) is 24.5 Å². The molecule has 138 valence electrons. The predicted molar refractivity (Wildman–Crippen MR) is 109 cm³/mol. The number of benzene rings is 2. The first-order valence-corrected chi connectivity index (χ1v) is 10.1. The summed E-state index contributed by atoms with van der Waals surface area (Å²) < 4.78 is 1.91. The van der Waals surface area contributed by atoms with Crippen LogP contribution in [0.5, 0.6) is 0 Å². The lowest BCUT2D eigenvalue weighted by Gasteiger charge is -2.22. The van der Waals surface area contributed by atoms with Gasteiger partial charge in [0.05, 0.1) is 5.75 Å². The highest BCUT2D eigenvalue weighted by Gasteiger charge is 2.30. The van der Waals surface area contributed by atoms with Crippen LogP contribution in [-0.2, 0) is 18.3 Å². The van der Waals surface area contributed by atoms with Crippen molar-refractivity contribution >= 4 is 35.0 Å². The monoisotopic (exact) mass is 398 g/mol. The minimum absolute atomic E-state index is 0.0912. The number of hydrogen-bond acceptors (Lipinski definition) is 4. The van der Waals surface area contributed by atoms with Crippen LogP contribution < -0.4 is 4.90 Å². The topological polar surface area (TPSA) is 51.0 Å². The molecule has 0 radical (unpaired) electrons. The zero-order chi connectivity index (χ0) is 19.0. The van der Waals surface area contributed by atoms with Gasteiger partial charge in [-0.15, -0.1) is 10.2 Å². The molecule has 0 saturated carbocycles. The molecule has 0 fully saturated rings. The van der Waals surface area contributed by atoms with Crippen LogP contribution in [0.1, 0.15) is 12.5 Å². The first kappa shape index (κ1) is 18.1. The molecule has 4 rings (SSSR count). The van der Waals surface area contributed by atoms with Crippen molar-refractivity contribution in [1.29, 1.82) is 0 Å². The third-order valence-corrected chi connectivity index (χ3v) is 5.99. The minimum Gasteiger partial charge on any atom is -0.308 e. The molecule has 1 amide bonds. The maximum Gasteiger partial charge on any atom is 0.237 e. The number of nitrogens with zero attached hydrogens (tertiary/aromatic N) is 4. The number of thioether (sulfide) groups is 1. The number of para-hydroxylation sites is 1. The number of rotatable bonds is 4. The Morgan fingerprint density at radius 1 is 1.19 bits per heavy atom. The molecule has 0 bridgehead atoms. The van der Waals surface area contributed by atoms with Crippen LogP contribution in [-0.4, -0.2) is 32.5 Å². The van der Waals surface area contributed by atoms with Gasteiger partial charge in [0.1, 0.15) is 0 Å². The van der Waals surface area contributed by atoms with Gasteiger partial charge >= 0.3 is 0 Å². The lowest BCUT2D eigenvalue weighted by molar-refractivity contribution is -0.116. The summed E-state index contributed by atoms with van der Waals surface area (Å²) in [6.07, 6.45) is 0.900. The van der Waals surface area contributed by atoms with E-state index in [1.54, 1.807) is 0 Å². The first-order chi connectivity index (χ1) is 13.0. The molecular weight excluding hydrogens is 380 g/mol. The van der Waals surface area contributed by atoms with E-state index >= 15 is 0 Å². The van der Waals surface area contributed by atoms with Crippen LogP contribution in [0.4, 0.5) is 5.69 Å². The molecule has 0 aliphatic carbocycles. The van der Waals surface area contributed by atoms with E-state index in [1.807, 2.05) is 59.0 Å². The van der Waals surface area contributed by atoms with Gasteiger partial charge in [0.15, 0.2) is 11.0 Å². The maximum absolute atomic E-state index is 12.9. The average Bonchev–Trinajstić information content (AvgIpc) is 3.19. The quantitative estimate of drug-likeness (QED) is 0.618. The fourth-order valence-electron chi connectivity index (χ4n) is 3.43. The number of fused-ring (bicyclic) bond motifs is 1. The fourth-order valence-corrected chi connectivity index (χ4v) is 4.33. The van der Waals surface area contributed by atoms with E-state index in [0.717, 1.165) is 23.5 Å². The zero-order valence-electron chi connectivity index (χ0n) is 15.1. The molecule has 7 heteroatoms. The molecule has 0 unspecified atom stereocenters. The summed E-state index contributed by atoms with van der Waals surface area (Å²) in [4.78, 5) is 14.8. The van der Waals surface area contributed by atoms with Crippen LogP contribution in [0.25, 0.3) is 11.4 Å². The van der Waals surface area contributed by atoms with Crippen LogP contribution in [0.15, 0.2) is 53.7 Å². The first-order valence-electron chi connectivity index (χ1n) is 8.72. The molecule has 0 spiro atoms. The molecule has 2 aromatic carbocycles. The van der Waals surface area contributed by atoms with E-state index in [-0.39, 0.29) is 11.9 Å². The van der Waals surface area contributed by atoms with Crippen molar-refractivity contribution in [3.05, 3.63) is 59.1 Å². The number of carbonyl (C=O) groups excluding carboxylic acids is 1. The summed E-state index contributed by atoms with van der Waals surface area (Å²) in [6.45, 7) is 2.09. The summed E-state index contributed by atoms with van der Waals surface area (Å²) in [5, 5.41) is 9.91. The predicted octanol–water partition coefficient (Wildman–Crippen LogP) is 4.21. The van der Waals surface area contributed by atoms with Gasteiger partial charge in [-0.25, -0.2) is 0 Å². The van der Waals surface area contributed by atoms with E-state index in [9.17, 15) is 4.79 Å². The van der Waals surface area contributed by atoms with Gasteiger partial charge in [-0.2, -0.15) is 0 Å². The molecule has 27 heavy (non-hydrogen) atoms. The van der Waals surface area contributed by atoms with Crippen LogP contribution >= 0.6 is 23.4 Å². The minimum atomic E-state index is 0.0912. The molecular formula is C20H19ClN4OS. The number of halogens is 1. The molecule has 0 N–H and O–H groups in total. The highest BCUT2D eigenvalue weighted by atomic mass is 35.5. The molecule has 0 saturated heterocycles. The van der Waals surface area contributed by atoms with Crippen LogP contribution in [0.3, 0.4) is 0 Å². The molecule has 2 heterocycles. The Morgan fingerprint density at radius 2 is 1.93 bits per heavy atom. The van der Waals surface area contributed by atoms with Gasteiger partial charge < -0.3 is 9.47 Å². The Labute approximate surface area is 167 Å². The van der Waals surface area contributed by atoms with Gasteiger partial charge in [0.2, 0.25) is 5.91 Å². The van der Waals surface area contributed by atoms with E-state index in [4.69, 9.17) is 11.6 Å². The number of anilines is 1. The summed E-state index contributed by atoms with van der Waals surface area (Å²) in [5.74, 6) is 1.17. The van der Waals surface area contributed by atoms with E-state index < -0.39 is 0 Å². The van der Waals surface area contributed by atoms with Crippen LogP contribution in [0.2, 0.25) is 5.02 Å². The lowest BCUT2D eigenvalue weighted by Crippen LogP contribution is -2.37. The third kappa shape index (κ3) is 3.47. The Kier molecular flexibility index (Phi) is 4.93. The van der Waals surface area contributed by atoms with Crippen molar-refractivity contribution in [2.24, 2.45) is 7.05 Å². The highest BCUT2D eigenvalue weighted by molar-refractivity contribution is 7.99.